The molecule has 7 heteroatoms. The molecule has 0 atom stereocenters. The third kappa shape index (κ3) is 3.94. The van der Waals surface area contributed by atoms with Crippen LogP contribution in [0.25, 0.3) is 16.8 Å². The number of nitrogens with zero attached hydrogens (tertiary/aromatic N) is 1. The Kier molecular flexibility index (Phi) is 4.95. The van der Waals surface area contributed by atoms with Crippen LogP contribution in [-0.2, 0) is 9.53 Å². The summed E-state index contributed by atoms with van der Waals surface area (Å²) < 4.78 is 39.7. The number of carbonyl (C=O) groups excluding carboxylic acids is 1. The first-order chi connectivity index (χ1) is 14.0. The Morgan fingerprint density at radius 3 is 2.55 bits per heavy atom. The second-order valence-electron chi connectivity index (χ2n) is 6.19. The van der Waals surface area contributed by atoms with E-state index in [4.69, 9.17) is 9.47 Å². The molecule has 0 N–H and O–H groups in total. The highest BCUT2D eigenvalue weighted by molar-refractivity contribution is 6.13. The summed E-state index contributed by atoms with van der Waals surface area (Å²) in [7, 11) is 1.34. The van der Waals surface area contributed by atoms with E-state index in [1.54, 1.807) is 0 Å². The smallest absolute Gasteiger partial charge is 0.387 e. The summed E-state index contributed by atoms with van der Waals surface area (Å²) >= 11 is 0. The molecule has 5 nitrogen and oxygen atoms in total. The number of aliphatic imine (C=N–C) groups is 1. The van der Waals surface area contributed by atoms with Crippen molar-refractivity contribution in [3.8, 4) is 11.5 Å². The highest BCUT2D eigenvalue weighted by Gasteiger charge is 2.24. The highest BCUT2D eigenvalue weighted by atomic mass is 19.3. The van der Waals surface area contributed by atoms with Crippen molar-refractivity contribution in [1.82, 2.24) is 0 Å². The number of rotatable bonds is 5. The van der Waals surface area contributed by atoms with Gasteiger partial charge in [0.1, 0.15) is 0 Å². The van der Waals surface area contributed by atoms with Crippen LogP contribution < -0.4 is 9.47 Å². The van der Waals surface area contributed by atoms with Crippen LogP contribution in [0.5, 0.6) is 11.5 Å². The van der Waals surface area contributed by atoms with Gasteiger partial charge in [0, 0.05) is 5.56 Å². The molecule has 0 amide bonds. The zero-order valence-corrected chi connectivity index (χ0v) is 15.3. The summed E-state index contributed by atoms with van der Waals surface area (Å²) in [6, 6.07) is 17.8. The van der Waals surface area contributed by atoms with Gasteiger partial charge in [0.05, 0.1) is 7.11 Å². The fourth-order valence-electron chi connectivity index (χ4n) is 2.98. The van der Waals surface area contributed by atoms with Gasteiger partial charge in [-0.25, -0.2) is 9.79 Å². The number of cyclic esters (lactones) is 1. The van der Waals surface area contributed by atoms with Crippen molar-refractivity contribution in [2.75, 3.05) is 7.11 Å². The van der Waals surface area contributed by atoms with Gasteiger partial charge in [-0.1, -0.05) is 36.4 Å². The number of ether oxygens (including phenoxy) is 3. The number of benzene rings is 3. The maximum atomic E-state index is 12.4. The van der Waals surface area contributed by atoms with E-state index >= 15 is 0 Å². The molecule has 0 aliphatic carbocycles. The van der Waals surface area contributed by atoms with E-state index in [1.165, 1.54) is 31.4 Å². The molecule has 1 aliphatic rings. The molecule has 4 rings (SSSR count). The summed E-state index contributed by atoms with van der Waals surface area (Å²) in [6.45, 7) is -2.97. The van der Waals surface area contributed by atoms with E-state index in [-0.39, 0.29) is 23.1 Å². The predicted molar refractivity (Wildman–Crippen MR) is 104 cm³/mol. The van der Waals surface area contributed by atoms with Crippen molar-refractivity contribution < 1.29 is 27.8 Å². The molecular weight excluding hydrogens is 380 g/mol. The number of esters is 1. The molecule has 146 valence electrons. The molecule has 0 aromatic heterocycles. The van der Waals surface area contributed by atoms with Crippen LogP contribution in [0.4, 0.5) is 8.78 Å². The molecule has 29 heavy (non-hydrogen) atoms. The number of methoxy groups -OCH3 is 1. The monoisotopic (exact) mass is 395 g/mol. The lowest BCUT2D eigenvalue weighted by molar-refractivity contribution is -0.129. The standard InChI is InChI=1S/C22H15F2NO4/c1-27-19-11-13(6-9-18(19)28-22(23)24)10-17-21(26)29-20(25-17)16-8-7-14-4-2-3-5-15(14)12-16/h2-12,22H,1H3/b17-10-. The van der Waals surface area contributed by atoms with Gasteiger partial charge in [0.25, 0.3) is 0 Å². The van der Waals surface area contributed by atoms with Crippen LogP contribution in [0.1, 0.15) is 11.1 Å². The topological polar surface area (TPSA) is 57.1 Å². The van der Waals surface area contributed by atoms with Crippen LogP contribution in [0.3, 0.4) is 0 Å². The van der Waals surface area contributed by atoms with E-state index in [9.17, 15) is 13.6 Å². The molecule has 3 aromatic carbocycles. The zero-order chi connectivity index (χ0) is 20.4. The third-order valence-corrected chi connectivity index (χ3v) is 4.32. The van der Waals surface area contributed by atoms with Crippen LogP contribution in [-0.4, -0.2) is 25.6 Å². The summed E-state index contributed by atoms with van der Waals surface area (Å²) in [5, 5.41) is 2.07. The van der Waals surface area contributed by atoms with Crippen molar-refractivity contribution in [3.05, 3.63) is 77.5 Å². The molecule has 0 saturated carbocycles. The molecule has 0 saturated heterocycles. The molecule has 0 spiro atoms. The zero-order valence-electron chi connectivity index (χ0n) is 15.3. The Morgan fingerprint density at radius 1 is 1.00 bits per heavy atom. The summed E-state index contributed by atoms with van der Waals surface area (Å²) in [5.74, 6) is -0.375. The largest absolute Gasteiger partial charge is 0.493 e. The maximum absolute atomic E-state index is 12.4. The van der Waals surface area contributed by atoms with E-state index in [0.717, 1.165) is 10.8 Å². The van der Waals surface area contributed by atoms with Crippen molar-refractivity contribution in [2.24, 2.45) is 4.99 Å². The summed E-state index contributed by atoms with van der Waals surface area (Å²) in [4.78, 5) is 16.5. The molecular formula is C22H15F2NO4. The van der Waals surface area contributed by atoms with Crippen molar-refractivity contribution in [2.45, 2.75) is 6.61 Å². The second-order valence-corrected chi connectivity index (χ2v) is 6.19. The molecule has 0 radical (unpaired) electrons. The Balaban J connectivity index is 1.65. The first-order valence-electron chi connectivity index (χ1n) is 8.68. The number of alkyl halides is 2. The van der Waals surface area contributed by atoms with Gasteiger partial charge in [-0.2, -0.15) is 8.78 Å². The van der Waals surface area contributed by atoms with Gasteiger partial charge in [-0.3, -0.25) is 0 Å². The van der Waals surface area contributed by atoms with E-state index in [0.29, 0.717) is 11.1 Å². The molecule has 0 fully saturated rings. The van der Waals surface area contributed by atoms with Gasteiger partial charge < -0.3 is 14.2 Å². The minimum Gasteiger partial charge on any atom is -0.493 e. The molecule has 0 unspecified atom stereocenters. The molecule has 0 bridgehead atoms. The minimum absolute atomic E-state index is 0.0951. The lowest BCUT2D eigenvalue weighted by Gasteiger charge is -2.10. The quantitative estimate of drug-likeness (QED) is 0.460. The fourth-order valence-corrected chi connectivity index (χ4v) is 2.98. The van der Waals surface area contributed by atoms with Crippen molar-refractivity contribution in [3.63, 3.8) is 0 Å². The summed E-state index contributed by atoms with van der Waals surface area (Å²) in [6.07, 6.45) is 1.49. The van der Waals surface area contributed by atoms with Gasteiger partial charge in [0.2, 0.25) is 5.90 Å². The third-order valence-electron chi connectivity index (χ3n) is 4.32. The second kappa shape index (κ2) is 7.71. The normalized spacial score (nSPS) is 15.0. The van der Waals surface area contributed by atoms with Gasteiger partial charge in [-0.05, 0) is 46.7 Å². The van der Waals surface area contributed by atoms with Gasteiger partial charge >= 0.3 is 12.6 Å². The van der Waals surface area contributed by atoms with Gasteiger partial charge in [-0.15, -0.1) is 0 Å². The van der Waals surface area contributed by atoms with E-state index in [2.05, 4.69) is 9.73 Å². The number of fused-ring (bicyclic) bond motifs is 1. The van der Waals surface area contributed by atoms with E-state index < -0.39 is 12.6 Å². The average molecular weight is 395 g/mol. The molecule has 1 heterocycles. The number of hydrogen-bond donors (Lipinski definition) is 0. The van der Waals surface area contributed by atoms with Crippen LogP contribution >= 0.6 is 0 Å². The van der Waals surface area contributed by atoms with Crippen LogP contribution in [0, 0.1) is 0 Å². The fraction of sp³-hybridized carbons (Fsp3) is 0.0909. The van der Waals surface area contributed by atoms with Crippen molar-refractivity contribution >= 4 is 28.7 Å². The Labute approximate surface area is 164 Å². The number of carbonyl (C=O) groups is 1. The highest BCUT2D eigenvalue weighted by Crippen LogP contribution is 2.31. The summed E-state index contributed by atoms with van der Waals surface area (Å²) in [5.41, 5.74) is 1.30. The lowest BCUT2D eigenvalue weighted by atomic mass is 10.1. The minimum atomic E-state index is -2.97. The van der Waals surface area contributed by atoms with Crippen LogP contribution in [0.15, 0.2) is 71.4 Å². The number of halogens is 2. The Morgan fingerprint density at radius 2 is 1.79 bits per heavy atom. The Bertz CT molecular complexity index is 1150. The number of hydrogen-bond acceptors (Lipinski definition) is 5. The van der Waals surface area contributed by atoms with Crippen molar-refractivity contribution in [1.29, 1.82) is 0 Å². The van der Waals surface area contributed by atoms with Gasteiger partial charge in [0.15, 0.2) is 17.2 Å². The first-order valence-corrected chi connectivity index (χ1v) is 8.68. The first kappa shape index (κ1) is 18.6. The predicted octanol–water partition coefficient (Wildman–Crippen LogP) is 4.79. The SMILES string of the molecule is COc1cc(/C=C2\N=C(c3ccc4ccccc4c3)OC2=O)ccc1OC(F)F. The van der Waals surface area contributed by atoms with E-state index in [1.807, 2.05) is 42.5 Å². The van der Waals surface area contributed by atoms with Crippen LogP contribution in [0.2, 0.25) is 0 Å². The average Bonchev–Trinajstić information content (AvgIpc) is 3.08. The maximum Gasteiger partial charge on any atom is 0.387 e. The molecule has 3 aromatic rings. The molecule has 1 aliphatic heterocycles. The Hall–Kier alpha value is -3.74. The lowest BCUT2D eigenvalue weighted by Crippen LogP contribution is -2.05.